The van der Waals surface area contributed by atoms with Gasteiger partial charge in [-0.3, -0.25) is 4.79 Å². The minimum absolute atomic E-state index is 0.131. The van der Waals surface area contributed by atoms with Gasteiger partial charge in [0.05, 0.1) is 23.3 Å². The third-order valence-electron chi connectivity index (χ3n) is 3.65. The first kappa shape index (κ1) is 14.5. The van der Waals surface area contributed by atoms with Gasteiger partial charge in [0, 0.05) is 22.4 Å². The summed E-state index contributed by atoms with van der Waals surface area (Å²) >= 11 is 1.29. The van der Waals surface area contributed by atoms with E-state index in [1.165, 1.54) is 11.5 Å². The lowest BCUT2D eigenvalue weighted by molar-refractivity contribution is 0.102. The molecule has 0 fully saturated rings. The quantitative estimate of drug-likeness (QED) is 0.805. The number of rotatable bonds is 3. The lowest BCUT2D eigenvalue weighted by atomic mass is 10.2. The van der Waals surface area contributed by atoms with Gasteiger partial charge >= 0.3 is 0 Å². The summed E-state index contributed by atoms with van der Waals surface area (Å²) in [5.41, 5.74) is 5.27. The number of anilines is 1. The molecule has 5 nitrogen and oxygen atoms in total. The predicted octanol–water partition coefficient (Wildman–Crippen LogP) is 3.51. The second-order valence-electron chi connectivity index (χ2n) is 5.10. The SMILES string of the molecule is Cc1nscc1C(=O)Nc1ccc(-n2cnc(C)c2C)cc1. The third-order valence-corrected chi connectivity index (χ3v) is 4.37. The molecule has 0 aliphatic rings. The molecule has 0 spiro atoms. The van der Waals surface area contributed by atoms with E-state index in [2.05, 4.69) is 14.7 Å². The van der Waals surface area contributed by atoms with E-state index in [0.717, 1.165) is 28.5 Å². The maximum absolute atomic E-state index is 12.1. The number of carbonyl (C=O) groups excluding carboxylic acids is 1. The van der Waals surface area contributed by atoms with E-state index in [9.17, 15) is 4.79 Å². The Bertz CT molecular complexity index is 817. The highest BCUT2D eigenvalue weighted by Crippen LogP contribution is 2.18. The molecule has 1 aromatic carbocycles. The zero-order valence-corrected chi connectivity index (χ0v) is 13.4. The van der Waals surface area contributed by atoms with Crippen molar-refractivity contribution < 1.29 is 4.79 Å². The Labute approximate surface area is 132 Å². The largest absolute Gasteiger partial charge is 0.322 e. The van der Waals surface area contributed by atoms with Gasteiger partial charge in [-0.25, -0.2) is 4.98 Å². The molecule has 0 saturated carbocycles. The van der Waals surface area contributed by atoms with Gasteiger partial charge in [0.15, 0.2) is 0 Å². The van der Waals surface area contributed by atoms with Crippen LogP contribution in [-0.2, 0) is 0 Å². The minimum Gasteiger partial charge on any atom is -0.322 e. The van der Waals surface area contributed by atoms with Gasteiger partial charge in [-0.15, -0.1) is 0 Å². The molecule has 0 bridgehead atoms. The van der Waals surface area contributed by atoms with Crippen LogP contribution < -0.4 is 5.32 Å². The molecule has 22 heavy (non-hydrogen) atoms. The van der Waals surface area contributed by atoms with Crippen LogP contribution in [0, 0.1) is 20.8 Å². The fourth-order valence-corrected chi connectivity index (χ4v) is 2.87. The standard InChI is InChI=1S/C16H16N4OS/c1-10-12(3)20(9-17-10)14-6-4-13(5-7-14)18-16(21)15-8-22-19-11(15)2/h4-9H,1-3H3,(H,18,21). The minimum atomic E-state index is -0.131. The molecule has 112 valence electrons. The second-order valence-corrected chi connectivity index (χ2v) is 5.73. The van der Waals surface area contributed by atoms with E-state index in [1.807, 2.05) is 49.6 Å². The van der Waals surface area contributed by atoms with Crippen molar-refractivity contribution in [2.24, 2.45) is 0 Å². The number of imidazole rings is 1. The highest BCUT2D eigenvalue weighted by Gasteiger charge is 2.11. The van der Waals surface area contributed by atoms with Gasteiger partial charge in [-0.05, 0) is 56.6 Å². The van der Waals surface area contributed by atoms with Gasteiger partial charge in [0.25, 0.3) is 5.91 Å². The number of nitrogens with one attached hydrogen (secondary N) is 1. The van der Waals surface area contributed by atoms with Crippen LogP contribution in [0.4, 0.5) is 5.69 Å². The first-order valence-corrected chi connectivity index (χ1v) is 7.73. The van der Waals surface area contributed by atoms with Gasteiger partial charge in [0.1, 0.15) is 0 Å². The average Bonchev–Trinajstić information content (AvgIpc) is 3.07. The van der Waals surface area contributed by atoms with E-state index in [0.29, 0.717) is 5.56 Å². The molecule has 3 rings (SSSR count). The Morgan fingerprint density at radius 1 is 1.14 bits per heavy atom. The second kappa shape index (κ2) is 5.73. The summed E-state index contributed by atoms with van der Waals surface area (Å²) in [6, 6.07) is 7.69. The highest BCUT2D eigenvalue weighted by atomic mass is 32.1. The number of benzene rings is 1. The van der Waals surface area contributed by atoms with Crippen LogP contribution in [0.2, 0.25) is 0 Å². The molecule has 1 amide bonds. The molecule has 0 atom stereocenters. The molecular weight excluding hydrogens is 296 g/mol. The van der Waals surface area contributed by atoms with E-state index in [4.69, 9.17) is 0 Å². The summed E-state index contributed by atoms with van der Waals surface area (Å²) < 4.78 is 6.14. The van der Waals surface area contributed by atoms with Crippen molar-refractivity contribution in [1.82, 2.24) is 13.9 Å². The van der Waals surface area contributed by atoms with Crippen molar-refractivity contribution in [1.29, 1.82) is 0 Å². The monoisotopic (exact) mass is 312 g/mol. The predicted molar refractivity (Wildman–Crippen MR) is 87.8 cm³/mol. The van der Waals surface area contributed by atoms with Crippen LogP contribution in [0.5, 0.6) is 0 Å². The molecular formula is C16H16N4OS. The molecule has 1 N–H and O–H groups in total. The van der Waals surface area contributed by atoms with Crippen LogP contribution >= 0.6 is 11.5 Å². The smallest absolute Gasteiger partial charge is 0.258 e. The fourth-order valence-electron chi connectivity index (χ4n) is 2.17. The first-order valence-electron chi connectivity index (χ1n) is 6.89. The molecule has 3 aromatic rings. The van der Waals surface area contributed by atoms with Crippen LogP contribution in [-0.4, -0.2) is 19.8 Å². The molecule has 2 aromatic heterocycles. The normalized spacial score (nSPS) is 10.7. The number of hydrogen-bond acceptors (Lipinski definition) is 4. The number of aromatic nitrogens is 3. The molecule has 0 radical (unpaired) electrons. The Kier molecular flexibility index (Phi) is 3.77. The fraction of sp³-hybridized carbons (Fsp3) is 0.188. The third kappa shape index (κ3) is 2.65. The first-order chi connectivity index (χ1) is 10.6. The van der Waals surface area contributed by atoms with Crippen LogP contribution in [0.15, 0.2) is 36.0 Å². The molecule has 0 aliphatic carbocycles. The van der Waals surface area contributed by atoms with Gasteiger partial charge < -0.3 is 9.88 Å². The highest BCUT2D eigenvalue weighted by molar-refractivity contribution is 7.04. The van der Waals surface area contributed by atoms with E-state index >= 15 is 0 Å². The van der Waals surface area contributed by atoms with Crippen molar-refractivity contribution in [3.63, 3.8) is 0 Å². The maximum atomic E-state index is 12.1. The summed E-state index contributed by atoms with van der Waals surface area (Å²) in [4.78, 5) is 16.4. The van der Waals surface area contributed by atoms with Crippen LogP contribution in [0.3, 0.4) is 0 Å². The summed E-state index contributed by atoms with van der Waals surface area (Å²) in [7, 11) is 0. The van der Waals surface area contributed by atoms with Gasteiger partial charge in [-0.2, -0.15) is 4.37 Å². The summed E-state index contributed by atoms with van der Waals surface area (Å²) in [5.74, 6) is -0.131. The number of carbonyl (C=O) groups is 1. The molecule has 6 heteroatoms. The Balaban J connectivity index is 1.79. The van der Waals surface area contributed by atoms with Gasteiger partial charge in [-0.1, -0.05) is 0 Å². The van der Waals surface area contributed by atoms with Crippen LogP contribution in [0.25, 0.3) is 5.69 Å². The molecule has 2 heterocycles. The molecule has 0 unspecified atom stereocenters. The molecule has 0 aliphatic heterocycles. The van der Waals surface area contributed by atoms with Gasteiger partial charge in [0.2, 0.25) is 0 Å². The van der Waals surface area contributed by atoms with E-state index in [1.54, 1.807) is 11.7 Å². The number of amides is 1. The zero-order chi connectivity index (χ0) is 15.7. The number of aryl methyl sites for hydroxylation is 2. The Morgan fingerprint density at radius 3 is 2.41 bits per heavy atom. The molecule has 0 saturated heterocycles. The zero-order valence-electron chi connectivity index (χ0n) is 12.6. The lowest BCUT2D eigenvalue weighted by Gasteiger charge is -2.08. The Morgan fingerprint density at radius 2 is 1.86 bits per heavy atom. The topological polar surface area (TPSA) is 59.8 Å². The van der Waals surface area contributed by atoms with E-state index < -0.39 is 0 Å². The summed E-state index contributed by atoms with van der Waals surface area (Å²) in [6.45, 7) is 5.85. The van der Waals surface area contributed by atoms with Crippen molar-refractivity contribution in [3.05, 3.63) is 58.6 Å². The summed E-state index contributed by atoms with van der Waals surface area (Å²) in [5, 5.41) is 4.65. The van der Waals surface area contributed by atoms with Crippen molar-refractivity contribution in [3.8, 4) is 5.69 Å². The lowest BCUT2D eigenvalue weighted by Crippen LogP contribution is -2.12. The number of nitrogens with zero attached hydrogens (tertiary/aromatic N) is 3. The Hall–Kier alpha value is -2.47. The summed E-state index contributed by atoms with van der Waals surface area (Å²) in [6.07, 6.45) is 1.80. The van der Waals surface area contributed by atoms with Crippen molar-refractivity contribution in [2.75, 3.05) is 5.32 Å². The maximum Gasteiger partial charge on any atom is 0.258 e. The number of hydrogen-bond donors (Lipinski definition) is 1. The average molecular weight is 312 g/mol. The van der Waals surface area contributed by atoms with E-state index in [-0.39, 0.29) is 5.91 Å². The van der Waals surface area contributed by atoms with Crippen molar-refractivity contribution in [2.45, 2.75) is 20.8 Å². The van der Waals surface area contributed by atoms with Crippen LogP contribution in [0.1, 0.15) is 27.4 Å². The van der Waals surface area contributed by atoms with Crippen molar-refractivity contribution >= 4 is 23.1 Å².